The Labute approximate surface area is 253 Å². The van der Waals surface area contributed by atoms with E-state index in [1.165, 1.54) is 22.1 Å². The molecule has 208 valence electrons. The van der Waals surface area contributed by atoms with Crippen molar-refractivity contribution in [2.24, 2.45) is 0 Å². The summed E-state index contributed by atoms with van der Waals surface area (Å²) in [6, 6.07) is 43.7. The van der Waals surface area contributed by atoms with Crippen molar-refractivity contribution in [3.05, 3.63) is 144 Å². The van der Waals surface area contributed by atoms with Crippen molar-refractivity contribution in [3.63, 3.8) is 0 Å². The van der Waals surface area contributed by atoms with Gasteiger partial charge in [-0.1, -0.05) is 103 Å². The molecule has 0 saturated carbocycles. The monoisotopic (exact) mass is 566 g/mol. The lowest BCUT2D eigenvalue weighted by molar-refractivity contribution is 0.669. The molecular weight excluding hydrogens is 540 g/mol. The van der Waals surface area contributed by atoms with Crippen molar-refractivity contribution in [2.45, 2.75) is 12.8 Å². The first-order chi connectivity index (χ1) is 21.8. The predicted octanol–water partition coefficient (Wildman–Crippen LogP) is 9.54. The van der Waals surface area contributed by atoms with Gasteiger partial charge in [-0.25, -0.2) is 4.98 Å². The largest absolute Gasteiger partial charge is 0.456 e. The molecule has 1 aliphatic carbocycles. The quantitative estimate of drug-likeness (QED) is 0.213. The molecule has 0 saturated heterocycles. The van der Waals surface area contributed by atoms with Gasteiger partial charge in [0.2, 0.25) is 5.95 Å². The Balaban J connectivity index is 1.29. The minimum atomic E-state index is 0.599. The Bertz CT molecular complexity index is 2380. The number of aryl methyl sites for hydroxylation is 1. The number of hydrogen-bond acceptors (Lipinski definition) is 4. The molecule has 0 spiro atoms. The third-order valence-electron chi connectivity index (χ3n) is 8.61. The maximum atomic E-state index is 6.23. The summed E-state index contributed by atoms with van der Waals surface area (Å²) in [5, 5.41) is 3.41. The zero-order chi connectivity index (χ0) is 29.0. The predicted molar refractivity (Wildman–Crippen MR) is 177 cm³/mol. The standard InChI is InChI=1S/C39H26N4O/c1-3-11-25(12-4-1)27-19-21-30-29-15-7-9-17-33(29)43(34(30)23-27)39-41-37(26-13-5-2-6-14-26)40-38(42-39)28-20-22-32-31-16-8-10-18-35(31)44-36(32)24-28/h1-18,20,22-24H,19,21H2. The van der Waals surface area contributed by atoms with Crippen molar-refractivity contribution in [2.75, 3.05) is 0 Å². The van der Waals surface area contributed by atoms with E-state index in [1.54, 1.807) is 0 Å². The minimum Gasteiger partial charge on any atom is -0.456 e. The minimum absolute atomic E-state index is 0.599. The highest BCUT2D eigenvalue weighted by molar-refractivity contribution is 6.05. The highest BCUT2D eigenvalue weighted by Crippen LogP contribution is 2.38. The molecule has 0 N–H and O–H groups in total. The summed E-state index contributed by atoms with van der Waals surface area (Å²) in [6.45, 7) is 0. The van der Waals surface area contributed by atoms with Gasteiger partial charge < -0.3 is 4.42 Å². The van der Waals surface area contributed by atoms with Crippen LogP contribution in [-0.2, 0) is 6.42 Å². The van der Waals surface area contributed by atoms with Gasteiger partial charge in [-0.3, -0.25) is 4.57 Å². The number of allylic oxidation sites excluding steroid dienone is 1. The van der Waals surface area contributed by atoms with E-state index in [0.717, 1.165) is 57.1 Å². The molecule has 5 nitrogen and oxygen atoms in total. The van der Waals surface area contributed by atoms with Crippen LogP contribution in [0.5, 0.6) is 0 Å². The van der Waals surface area contributed by atoms with Crippen molar-refractivity contribution in [3.8, 4) is 28.7 Å². The van der Waals surface area contributed by atoms with E-state index in [-0.39, 0.29) is 0 Å². The third-order valence-corrected chi connectivity index (χ3v) is 8.61. The normalized spacial score (nSPS) is 13.0. The molecule has 1 aliphatic rings. The molecule has 5 heteroatoms. The Kier molecular flexibility index (Phi) is 5.56. The van der Waals surface area contributed by atoms with Crippen LogP contribution < -0.4 is 0 Å². The van der Waals surface area contributed by atoms with Gasteiger partial charge in [0, 0.05) is 27.3 Å². The van der Waals surface area contributed by atoms with Gasteiger partial charge in [0.05, 0.1) is 11.2 Å². The van der Waals surface area contributed by atoms with E-state index < -0.39 is 0 Å². The molecule has 0 amide bonds. The number of furan rings is 1. The lowest BCUT2D eigenvalue weighted by Gasteiger charge is -2.17. The molecule has 3 heterocycles. The topological polar surface area (TPSA) is 56.7 Å². The van der Waals surface area contributed by atoms with Crippen LogP contribution in [0, 0.1) is 0 Å². The molecule has 44 heavy (non-hydrogen) atoms. The van der Waals surface area contributed by atoms with E-state index in [2.05, 4.69) is 83.4 Å². The van der Waals surface area contributed by atoms with Gasteiger partial charge >= 0.3 is 0 Å². The molecule has 8 aromatic rings. The first kappa shape index (κ1) is 24.8. The highest BCUT2D eigenvalue weighted by Gasteiger charge is 2.24. The summed E-state index contributed by atoms with van der Waals surface area (Å²) in [5.41, 5.74) is 9.60. The van der Waals surface area contributed by atoms with Crippen LogP contribution in [-0.4, -0.2) is 19.5 Å². The Hall–Kier alpha value is -5.81. The molecule has 0 unspecified atom stereocenters. The Morgan fingerprint density at radius 3 is 2.00 bits per heavy atom. The lowest BCUT2D eigenvalue weighted by atomic mass is 9.91. The molecule has 0 aliphatic heterocycles. The molecular formula is C39H26N4O. The van der Waals surface area contributed by atoms with Crippen molar-refractivity contribution in [1.82, 2.24) is 19.5 Å². The second-order valence-corrected chi connectivity index (χ2v) is 11.2. The summed E-state index contributed by atoms with van der Waals surface area (Å²) < 4.78 is 8.45. The highest BCUT2D eigenvalue weighted by atomic mass is 16.3. The van der Waals surface area contributed by atoms with Crippen molar-refractivity contribution in [1.29, 1.82) is 0 Å². The maximum Gasteiger partial charge on any atom is 0.238 e. The SMILES string of the molecule is C1=C(c2ccccc2)CCc2c1n(-c1nc(-c3ccccc3)nc(-c3ccc4c(c3)oc3ccccc34)n1)c1ccccc21. The van der Waals surface area contributed by atoms with Crippen LogP contribution in [0.15, 0.2) is 132 Å². The van der Waals surface area contributed by atoms with Gasteiger partial charge in [-0.05, 0) is 59.9 Å². The lowest BCUT2D eigenvalue weighted by Crippen LogP contribution is -2.09. The zero-order valence-electron chi connectivity index (χ0n) is 23.8. The van der Waals surface area contributed by atoms with Crippen LogP contribution in [0.4, 0.5) is 0 Å². The summed E-state index contributed by atoms with van der Waals surface area (Å²) in [7, 11) is 0. The number of para-hydroxylation sites is 2. The number of fused-ring (bicyclic) bond motifs is 6. The van der Waals surface area contributed by atoms with Gasteiger partial charge in [0.25, 0.3) is 0 Å². The summed E-state index contributed by atoms with van der Waals surface area (Å²) >= 11 is 0. The molecule has 9 rings (SSSR count). The van der Waals surface area contributed by atoms with Gasteiger partial charge in [0.15, 0.2) is 11.6 Å². The summed E-state index contributed by atoms with van der Waals surface area (Å²) in [4.78, 5) is 15.3. The Morgan fingerprint density at radius 2 is 1.18 bits per heavy atom. The summed E-state index contributed by atoms with van der Waals surface area (Å²) in [6.07, 6.45) is 4.26. The van der Waals surface area contributed by atoms with Crippen molar-refractivity contribution >= 4 is 44.5 Å². The molecule has 0 atom stereocenters. The second-order valence-electron chi connectivity index (χ2n) is 11.2. The number of rotatable bonds is 4. The zero-order valence-corrected chi connectivity index (χ0v) is 23.8. The molecule has 5 aromatic carbocycles. The molecule has 3 aromatic heterocycles. The Morgan fingerprint density at radius 1 is 0.523 bits per heavy atom. The first-order valence-electron chi connectivity index (χ1n) is 14.9. The van der Waals surface area contributed by atoms with Crippen LogP contribution >= 0.6 is 0 Å². The fraction of sp³-hybridized carbons (Fsp3) is 0.0513. The van der Waals surface area contributed by atoms with E-state index in [1.807, 2.05) is 54.6 Å². The number of benzene rings is 5. The van der Waals surface area contributed by atoms with Gasteiger partial charge in [0.1, 0.15) is 11.2 Å². The first-order valence-corrected chi connectivity index (χ1v) is 14.9. The van der Waals surface area contributed by atoms with Crippen LogP contribution in [0.2, 0.25) is 0 Å². The van der Waals surface area contributed by atoms with Crippen LogP contribution in [0.25, 0.3) is 73.2 Å². The van der Waals surface area contributed by atoms with E-state index in [0.29, 0.717) is 17.6 Å². The fourth-order valence-electron chi connectivity index (χ4n) is 6.51. The second kappa shape index (κ2) is 9.89. The molecule has 0 radical (unpaired) electrons. The maximum absolute atomic E-state index is 6.23. The van der Waals surface area contributed by atoms with Gasteiger partial charge in [-0.2, -0.15) is 9.97 Å². The van der Waals surface area contributed by atoms with E-state index in [9.17, 15) is 0 Å². The van der Waals surface area contributed by atoms with Crippen LogP contribution in [0.3, 0.4) is 0 Å². The number of nitrogens with zero attached hydrogens (tertiary/aromatic N) is 4. The summed E-state index contributed by atoms with van der Waals surface area (Å²) in [5.74, 6) is 1.83. The van der Waals surface area contributed by atoms with Crippen molar-refractivity contribution < 1.29 is 4.42 Å². The van der Waals surface area contributed by atoms with E-state index in [4.69, 9.17) is 19.4 Å². The number of hydrogen-bond donors (Lipinski definition) is 0. The fourth-order valence-corrected chi connectivity index (χ4v) is 6.51. The number of aromatic nitrogens is 4. The third kappa shape index (κ3) is 3.97. The average Bonchev–Trinajstić information content (AvgIpc) is 3.64. The van der Waals surface area contributed by atoms with Gasteiger partial charge in [-0.15, -0.1) is 0 Å². The molecule has 0 fully saturated rings. The van der Waals surface area contributed by atoms with E-state index >= 15 is 0 Å². The average molecular weight is 567 g/mol. The molecule has 0 bridgehead atoms. The smallest absolute Gasteiger partial charge is 0.238 e. The van der Waals surface area contributed by atoms with Crippen LogP contribution in [0.1, 0.15) is 23.2 Å².